The minimum absolute atomic E-state index is 0.0361. The molecule has 0 aromatic heterocycles. The van der Waals surface area contributed by atoms with E-state index < -0.39 is 6.10 Å². The van der Waals surface area contributed by atoms with Crippen molar-refractivity contribution in [1.29, 1.82) is 0 Å². The number of ketones is 1. The highest BCUT2D eigenvalue weighted by molar-refractivity contribution is 6.06. The van der Waals surface area contributed by atoms with E-state index in [1.807, 2.05) is 31.2 Å². The van der Waals surface area contributed by atoms with Crippen LogP contribution in [0.1, 0.15) is 40.5 Å². The molecule has 0 heterocycles. The molecule has 1 atom stereocenters. The van der Waals surface area contributed by atoms with Crippen LogP contribution < -0.4 is 14.8 Å². The Balaban J connectivity index is 1.68. The van der Waals surface area contributed by atoms with Gasteiger partial charge >= 0.3 is 0 Å². The van der Waals surface area contributed by atoms with Crippen LogP contribution in [0.2, 0.25) is 0 Å². The molecule has 0 saturated heterocycles. The lowest BCUT2D eigenvalue weighted by Crippen LogP contribution is -2.27. The summed E-state index contributed by atoms with van der Waals surface area (Å²) in [5.74, 6) is 0.792. The van der Waals surface area contributed by atoms with Gasteiger partial charge in [0.2, 0.25) is 5.78 Å². The second-order valence-corrected chi connectivity index (χ2v) is 6.80. The summed E-state index contributed by atoms with van der Waals surface area (Å²) in [6.07, 6.45) is 0.905. The van der Waals surface area contributed by atoms with Crippen molar-refractivity contribution in [3.05, 3.63) is 90.0 Å². The summed E-state index contributed by atoms with van der Waals surface area (Å²) < 4.78 is 11.2. The smallest absolute Gasteiger partial charge is 0.259 e. The molecule has 1 N–H and O–H groups in total. The number of anilines is 1. The Kier molecular flexibility index (Phi) is 7.22. The van der Waals surface area contributed by atoms with Crippen molar-refractivity contribution in [3.63, 3.8) is 0 Å². The van der Waals surface area contributed by atoms with Gasteiger partial charge in [-0.2, -0.15) is 0 Å². The molecule has 0 radical (unpaired) electrons. The monoisotopic (exact) mass is 403 g/mol. The SMILES string of the molecule is CCCC(Oc1ccc(NC(=O)c2ccccc2OC)cc1)C(=O)c1ccccc1. The van der Waals surface area contributed by atoms with Gasteiger partial charge in [-0.15, -0.1) is 0 Å². The molecule has 154 valence electrons. The molecular weight excluding hydrogens is 378 g/mol. The van der Waals surface area contributed by atoms with E-state index in [2.05, 4.69) is 5.32 Å². The molecule has 0 aliphatic rings. The van der Waals surface area contributed by atoms with Crippen LogP contribution in [-0.4, -0.2) is 24.9 Å². The van der Waals surface area contributed by atoms with Gasteiger partial charge in [0.15, 0.2) is 6.10 Å². The number of amides is 1. The molecule has 30 heavy (non-hydrogen) atoms. The maximum atomic E-state index is 12.8. The van der Waals surface area contributed by atoms with Crippen molar-refractivity contribution in [2.24, 2.45) is 0 Å². The van der Waals surface area contributed by atoms with E-state index in [-0.39, 0.29) is 11.7 Å². The fourth-order valence-electron chi connectivity index (χ4n) is 3.11. The van der Waals surface area contributed by atoms with Crippen LogP contribution in [0.5, 0.6) is 11.5 Å². The number of nitrogens with one attached hydrogen (secondary N) is 1. The zero-order chi connectivity index (χ0) is 21.3. The molecule has 3 aromatic rings. The Hall–Kier alpha value is -3.60. The summed E-state index contributed by atoms with van der Waals surface area (Å²) in [5.41, 5.74) is 1.72. The van der Waals surface area contributed by atoms with Crippen molar-refractivity contribution in [2.75, 3.05) is 12.4 Å². The Bertz CT molecular complexity index is 984. The molecule has 0 aliphatic carbocycles. The first-order valence-corrected chi connectivity index (χ1v) is 9.92. The lowest BCUT2D eigenvalue weighted by Gasteiger charge is -2.18. The highest BCUT2D eigenvalue weighted by Gasteiger charge is 2.21. The summed E-state index contributed by atoms with van der Waals surface area (Å²) in [6, 6.07) is 23.2. The first-order valence-electron chi connectivity index (χ1n) is 9.92. The fraction of sp³-hybridized carbons (Fsp3) is 0.200. The number of hydrogen-bond acceptors (Lipinski definition) is 4. The number of hydrogen-bond donors (Lipinski definition) is 1. The van der Waals surface area contributed by atoms with E-state index in [1.165, 1.54) is 7.11 Å². The van der Waals surface area contributed by atoms with Gasteiger partial charge in [-0.25, -0.2) is 0 Å². The van der Waals surface area contributed by atoms with Crippen LogP contribution >= 0.6 is 0 Å². The van der Waals surface area contributed by atoms with E-state index in [9.17, 15) is 9.59 Å². The second kappa shape index (κ2) is 10.3. The molecule has 0 aliphatic heterocycles. The lowest BCUT2D eigenvalue weighted by molar-refractivity contribution is 0.0777. The average Bonchev–Trinajstić information content (AvgIpc) is 2.80. The van der Waals surface area contributed by atoms with Crippen LogP contribution in [-0.2, 0) is 0 Å². The van der Waals surface area contributed by atoms with E-state index >= 15 is 0 Å². The Morgan fingerprint density at radius 3 is 2.23 bits per heavy atom. The third-order valence-corrected chi connectivity index (χ3v) is 4.64. The largest absolute Gasteiger partial charge is 0.496 e. The van der Waals surface area contributed by atoms with Crippen LogP contribution in [0.15, 0.2) is 78.9 Å². The fourth-order valence-corrected chi connectivity index (χ4v) is 3.11. The highest BCUT2D eigenvalue weighted by Crippen LogP contribution is 2.22. The molecule has 3 aromatic carbocycles. The van der Waals surface area contributed by atoms with E-state index in [4.69, 9.17) is 9.47 Å². The first-order chi connectivity index (χ1) is 14.6. The first kappa shape index (κ1) is 21.1. The molecule has 1 unspecified atom stereocenters. The number of ether oxygens (including phenoxy) is 2. The minimum atomic E-state index is -0.550. The van der Waals surface area contributed by atoms with Gasteiger partial charge in [0.05, 0.1) is 12.7 Å². The zero-order valence-corrected chi connectivity index (χ0v) is 17.1. The summed E-state index contributed by atoms with van der Waals surface area (Å²) in [7, 11) is 1.53. The molecule has 0 saturated carbocycles. The van der Waals surface area contributed by atoms with Crippen LogP contribution in [0.3, 0.4) is 0 Å². The quantitative estimate of drug-likeness (QED) is 0.487. The third kappa shape index (κ3) is 5.26. The van der Waals surface area contributed by atoms with Crippen LogP contribution in [0.25, 0.3) is 0 Å². The van der Waals surface area contributed by atoms with Crippen molar-refractivity contribution in [1.82, 2.24) is 0 Å². The van der Waals surface area contributed by atoms with Crippen molar-refractivity contribution < 1.29 is 19.1 Å². The highest BCUT2D eigenvalue weighted by atomic mass is 16.5. The normalized spacial score (nSPS) is 11.4. The minimum Gasteiger partial charge on any atom is -0.496 e. The molecule has 5 heteroatoms. The third-order valence-electron chi connectivity index (χ3n) is 4.64. The van der Waals surface area contributed by atoms with Crippen LogP contribution in [0.4, 0.5) is 5.69 Å². The zero-order valence-electron chi connectivity index (χ0n) is 17.1. The summed E-state index contributed by atoms with van der Waals surface area (Å²) in [6.45, 7) is 2.02. The standard InChI is InChI=1S/C25H25NO4/c1-3-9-23(24(27)18-10-5-4-6-11-18)30-20-16-14-19(15-17-20)26-25(28)21-12-7-8-13-22(21)29-2/h4-8,10-17,23H,3,9H2,1-2H3,(H,26,28). The van der Waals surface area contributed by atoms with E-state index in [1.54, 1.807) is 54.6 Å². The van der Waals surface area contributed by atoms with Gasteiger partial charge in [-0.3, -0.25) is 9.59 Å². The number of methoxy groups -OCH3 is 1. The van der Waals surface area contributed by atoms with E-state index in [0.29, 0.717) is 34.7 Å². The Labute approximate surface area is 176 Å². The topological polar surface area (TPSA) is 64.6 Å². The average molecular weight is 403 g/mol. The number of carbonyl (C=O) groups excluding carboxylic acids is 2. The molecule has 0 fully saturated rings. The van der Waals surface area contributed by atoms with Crippen LogP contribution in [0, 0.1) is 0 Å². The molecule has 3 rings (SSSR count). The molecular formula is C25H25NO4. The number of carbonyl (C=O) groups is 2. The van der Waals surface area contributed by atoms with Gasteiger partial charge in [0.25, 0.3) is 5.91 Å². The molecule has 0 spiro atoms. The van der Waals surface area contributed by atoms with E-state index in [0.717, 1.165) is 6.42 Å². The van der Waals surface area contributed by atoms with Gasteiger partial charge in [-0.05, 0) is 42.8 Å². The molecule has 1 amide bonds. The van der Waals surface area contributed by atoms with Gasteiger partial charge < -0.3 is 14.8 Å². The van der Waals surface area contributed by atoms with Crippen molar-refractivity contribution in [2.45, 2.75) is 25.9 Å². The van der Waals surface area contributed by atoms with Crippen molar-refractivity contribution in [3.8, 4) is 11.5 Å². The summed E-state index contributed by atoms with van der Waals surface area (Å²) >= 11 is 0. The number of rotatable bonds is 9. The maximum absolute atomic E-state index is 12.8. The van der Waals surface area contributed by atoms with Gasteiger partial charge in [0.1, 0.15) is 11.5 Å². The molecule has 5 nitrogen and oxygen atoms in total. The number of para-hydroxylation sites is 1. The van der Waals surface area contributed by atoms with Gasteiger partial charge in [-0.1, -0.05) is 55.8 Å². The predicted octanol–water partition coefficient (Wildman–Crippen LogP) is 5.38. The van der Waals surface area contributed by atoms with Crippen molar-refractivity contribution >= 4 is 17.4 Å². The number of benzene rings is 3. The predicted molar refractivity (Wildman–Crippen MR) is 117 cm³/mol. The second-order valence-electron chi connectivity index (χ2n) is 6.80. The Morgan fingerprint density at radius 1 is 0.900 bits per heavy atom. The Morgan fingerprint density at radius 2 is 1.57 bits per heavy atom. The number of Topliss-reactive ketones (excluding diaryl/α,β-unsaturated/α-hetero) is 1. The molecule has 0 bridgehead atoms. The van der Waals surface area contributed by atoms with Gasteiger partial charge in [0, 0.05) is 11.3 Å². The maximum Gasteiger partial charge on any atom is 0.259 e. The summed E-state index contributed by atoms with van der Waals surface area (Å²) in [5, 5.41) is 2.85. The summed E-state index contributed by atoms with van der Waals surface area (Å²) in [4.78, 5) is 25.3. The lowest BCUT2D eigenvalue weighted by atomic mass is 10.0.